The van der Waals surface area contributed by atoms with E-state index in [1.165, 1.54) is 18.2 Å². The summed E-state index contributed by atoms with van der Waals surface area (Å²) < 4.78 is 0. The van der Waals surface area contributed by atoms with E-state index in [2.05, 4.69) is 4.98 Å². The summed E-state index contributed by atoms with van der Waals surface area (Å²) in [4.78, 5) is 43.4. The number of rotatable bonds is 4. The molecule has 2 heterocycles. The molecule has 0 atom stereocenters. The summed E-state index contributed by atoms with van der Waals surface area (Å²) in [6, 6.07) is 12.2. The van der Waals surface area contributed by atoms with Crippen LogP contribution in [0.4, 0.5) is 0 Å². The molecule has 3 rings (SSSR count). The molecule has 0 unspecified atom stereocenters. The van der Waals surface area contributed by atoms with Gasteiger partial charge in [0.1, 0.15) is 11.4 Å². The number of carbonyl (C=O) groups excluding carboxylic acids is 2. The summed E-state index contributed by atoms with van der Waals surface area (Å²) in [5, 5.41) is 9.01. The zero-order valence-corrected chi connectivity index (χ0v) is 15.1. The van der Waals surface area contributed by atoms with Crippen molar-refractivity contribution in [1.29, 1.82) is 0 Å². The highest BCUT2D eigenvalue weighted by molar-refractivity contribution is 5.94. The molecule has 27 heavy (non-hydrogen) atoms. The zero-order valence-electron chi connectivity index (χ0n) is 15.1. The molecular weight excluding hydrogens is 346 g/mol. The number of aryl methyl sites for hydroxylation is 1. The van der Waals surface area contributed by atoms with Gasteiger partial charge in [-0.25, -0.2) is 9.78 Å². The summed E-state index contributed by atoms with van der Waals surface area (Å²) in [5.41, 5.74) is 2.04. The van der Waals surface area contributed by atoms with E-state index in [1.54, 1.807) is 9.80 Å². The minimum absolute atomic E-state index is 0.0439. The van der Waals surface area contributed by atoms with E-state index in [-0.39, 0.29) is 23.2 Å². The summed E-state index contributed by atoms with van der Waals surface area (Å²) in [5.74, 6) is -1.44. The van der Waals surface area contributed by atoms with Gasteiger partial charge < -0.3 is 14.9 Å². The van der Waals surface area contributed by atoms with Crippen LogP contribution in [0.2, 0.25) is 0 Å². The van der Waals surface area contributed by atoms with E-state index in [1.807, 2.05) is 31.2 Å². The first kappa shape index (κ1) is 18.6. The second-order valence-electron chi connectivity index (χ2n) is 6.49. The maximum absolute atomic E-state index is 12.6. The average molecular weight is 367 g/mol. The number of hydrogen-bond acceptors (Lipinski definition) is 4. The van der Waals surface area contributed by atoms with Crippen molar-refractivity contribution in [2.75, 3.05) is 26.2 Å². The van der Waals surface area contributed by atoms with Crippen molar-refractivity contribution in [2.24, 2.45) is 0 Å². The monoisotopic (exact) mass is 367 g/mol. The molecule has 2 amide bonds. The Morgan fingerprint density at radius 3 is 2.22 bits per heavy atom. The summed E-state index contributed by atoms with van der Waals surface area (Å²) in [6.45, 7) is 3.69. The van der Waals surface area contributed by atoms with E-state index in [9.17, 15) is 14.4 Å². The van der Waals surface area contributed by atoms with Crippen molar-refractivity contribution in [1.82, 2.24) is 14.8 Å². The molecule has 1 N–H and O–H groups in total. The van der Waals surface area contributed by atoms with Gasteiger partial charge in [0.15, 0.2) is 0 Å². The number of carboxylic acid groups (broad SMARTS) is 1. The van der Waals surface area contributed by atoms with Gasteiger partial charge in [-0.15, -0.1) is 0 Å². The maximum Gasteiger partial charge on any atom is 0.354 e. The molecule has 1 aromatic carbocycles. The van der Waals surface area contributed by atoms with Crippen LogP contribution in [0.5, 0.6) is 0 Å². The Labute approximate surface area is 157 Å². The minimum atomic E-state index is -1.17. The molecule has 1 saturated heterocycles. The number of aromatic nitrogens is 1. The lowest BCUT2D eigenvalue weighted by molar-refractivity contribution is -0.131. The second kappa shape index (κ2) is 7.99. The Hall–Kier alpha value is -3.22. The van der Waals surface area contributed by atoms with Crippen LogP contribution in [0.25, 0.3) is 0 Å². The van der Waals surface area contributed by atoms with E-state index in [4.69, 9.17) is 5.11 Å². The van der Waals surface area contributed by atoms with Crippen LogP contribution >= 0.6 is 0 Å². The van der Waals surface area contributed by atoms with Crippen LogP contribution < -0.4 is 0 Å². The Bertz CT molecular complexity index is 873. The van der Waals surface area contributed by atoms with Crippen molar-refractivity contribution >= 4 is 17.8 Å². The molecule has 1 aromatic heterocycles. The molecule has 1 aliphatic rings. The van der Waals surface area contributed by atoms with Crippen molar-refractivity contribution in [3.05, 3.63) is 65.0 Å². The highest BCUT2D eigenvalue weighted by Crippen LogP contribution is 2.12. The molecule has 140 valence electrons. The van der Waals surface area contributed by atoms with Crippen LogP contribution in [-0.2, 0) is 11.2 Å². The lowest BCUT2D eigenvalue weighted by Crippen LogP contribution is -2.51. The van der Waals surface area contributed by atoms with Gasteiger partial charge in [0, 0.05) is 26.2 Å². The fourth-order valence-corrected chi connectivity index (χ4v) is 3.08. The first-order valence-corrected chi connectivity index (χ1v) is 8.77. The van der Waals surface area contributed by atoms with Crippen LogP contribution in [0.15, 0.2) is 42.5 Å². The first-order valence-electron chi connectivity index (χ1n) is 8.77. The SMILES string of the molecule is Cc1ccccc1CC(=O)N1CCN(C(=O)c2cccc(C(=O)O)n2)CC1. The highest BCUT2D eigenvalue weighted by atomic mass is 16.4. The van der Waals surface area contributed by atoms with Crippen molar-refractivity contribution in [2.45, 2.75) is 13.3 Å². The molecule has 0 spiro atoms. The summed E-state index contributed by atoms with van der Waals surface area (Å²) in [7, 11) is 0. The van der Waals surface area contributed by atoms with Gasteiger partial charge in [-0.1, -0.05) is 30.3 Å². The normalized spacial score (nSPS) is 14.1. The summed E-state index contributed by atoms with van der Waals surface area (Å²) >= 11 is 0. The predicted molar refractivity (Wildman–Crippen MR) is 98.6 cm³/mol. The standard InChI is InChI=1S/C20H21N3O4/c1-14-5-2-3-6-15(14)13-18(24)22-9-11-23(12-10-22)19(25)16-7-4-8-17(21-16)20(26)27/h2-8H,9-13H2,1H3,(H,26,27). The molecule has 1 aliphatic heterocycles. The van der Waals surface area contributed by atoms with Crippen molar-refractivity contribution < 1.29 is 19.5 Å². The van der Waals surface area contributed by atoms with Gasteiger partial charge in [0.2, 0.25) is 5.91 Å². The lowest BCUT2D eigenvalue weighted by atomic mass is 10.1. The van der Waals surface area contributed by atoms with E-state index in [0.29, 0.717) is 32.6 Å². The number of carbonyl (C=O) groups is 3. The fraction of sp³-hybridized carbons (Fsp3) is 0.300. The number of aromatic carboxylic acids is 1. The van der Waals surface area contributed by atoms with Crippen LogP contribution in [-0.4, -0.2) is 63.9 Å². The third-order valence-corrected chi connectivity index (χ3v) is 4.71. The van der Waals surface area contributed by atoms with Gasteiger partial charge >= 0.3 is 5.97 Å². The van der Waals surface area contributed by atoms with Crippen LogP contribution in [0, 0.1) is 6.92 Å². The number of piperazine rings is 1. The topological polar surface area (TPSA) is 90.8 Å². The second-order valence-corrected chi connectivity index (χ2v) is 6.49. The van der Waals surface area contributed by atoms with Gasteiger partial charge in [0.05, 0.1) is 6.42 Å². The smallest absolute Gasteiger partial charge is 0.354 e. The van der Waals surface area contributed by atoms with Gasteiger partial charge in [-0.05, 0) is 30.2 Å². The number of hydrogen-bond donors (Lipinski definition) is 1. The number of pyridine rings is 1. The third-order valence-electron chi connectivity index (χ3n) is 4.71. The molecule has 2 aromatic rings. The van der Waals surface area contributed by atoms with Crippen molar-refractivity contribution in [3.8, 4) is 0 Å². The van der Waals surface area contributed by atoms with Gasteiger partial charge in [-0.3, -0.25) is 9.59 Å². The molecule has 0 aliphatic carbocycles. The Morgan fingerprint density at radius 2 is 1.56 bits per heavy atom. The quantitative estimate of drug-likeness (QED) is 0.887. The number of nitrogens with zero attached hydrogens (tertiary/aromatic N) is 3. The van der Waals surface area contributed by atoms with Gasteiger partial charge in [0.25, 0.3) is 5.91 Å². The maximum atomic E-state index is 12.6. The fourth-order valence-electron chi connectivity index (χ4n) is 3.08. The Kier molecular flexibility index (Phi) is 5.49. The number of benzene rings is 1. The van der Waals surface area contributed by atoms with Crippen LogP contribution in [0.1, 0.15) is 32.1 Å². The molecule has 7 nitrogen and oxygen atoms in total. The molecular formula is C20H21N3O4. The Morgan fingerprint density at radius 1 is 0.926 bits per heavy atom. The molecule has 0 saturated carbocycles. The minimum Gasteiger partial charge on any atom is -0.477 e. The van der Waals surface area contributed by atoms with Crippen LogP contribution in [0.3, 0.4) is 0 Å². The first-order chi connectivity index (χ1) is 13.0. The molecule has 0 radical (unpaired) electrons. The molecule has 1 fully saturated rings. The average Bonchev–Trinajstić information content (AvgIpc) is 2.69. The van der Waals surface area contributed by atoms with Crippen molar-refractivity contribution in [3.63, 3.8) is 0 Å². The largest absolute Gasteiger partial charge is 0.477 e. The Balaban J connectivity index is 1.59. The lowest BCUT2D eigenvalue weighted by Gasteiger charge is -2.34. The highest BCUT2D eigenvalue weighted by Gasteiger charge is 2.26. The van der Waals surface area contributed by atoms with E-state index in [0.717, 1.165) is 11.1 Å². The predicted octanol–water partition coefficient (Wildman–Crippen LogP) is 1.62. The van der Waals surface area contributed by atoms with E-state index >= 15 is 0 Å². The zero-order chi connectivity index (χ0) is 19.4. The number of carboxylic acids is 1. The third kappa shape index (κ3) is 4.31. The van der Waals surface area contributed by atoms with Gasteiger partial charge in [-0.2, -0.15) is 0 Å². The molecule has 0 bridgehead atoms. The number of amides is 2. The summed E-state index contributed by atoms with van der Waals surface area (Å²) in [6.07, 6.45) is 0.350. The molecule has 7 heteroatoms. The van der Waals surface area contributed by atoms with E-state index < -0.39 is 5.97 Å².